The monoisotopic (exact) mass is 366 g/mol. The van der Waals surface area contributed by atoms with Crippen molar-refractivity contribution in [1.82, 2.24) is 15.2 Å². The van der Waals surface area contributed by atoms with E-state index < -0.39 is 0 Å². The van der Waals surface area contributed by atoms with Crippen molar-refractivity contribution in [2.24, 2.45) is 0 Å². The van der Waals surface area contributed by atoms with E-state index >= 15 is 0 Å². The average molecular weight is 366 g/mol. The number of urea groups is 1. The number of thioether (sulfide) groups is 1. The van der Waals surface area contributed by atoms with Gasteiger partial charge in [0, 0.05) is 37.1 Å². The smallest absolute Gasteiger partial charge is 0.319 e. The van der Waals surface area contributed by atoms with E-state index in [1.165, 1.54) is 0 Å². The topological polar surface area (TPSA) is 75.7 Å². The maximum absolute atomic E-state index is 12.4. The molecule has 2 fully saturated rings. The number of carbonyl (C=O) groups is 1. The number of amides is 2. The maximum Gasteiger partial charge on any atom is 0.319 e. The van der Waals surface area contributed by atoms with E-state index in [1.54, 1.807) is 18.3 Å². The van der Waals surface area contributed by atoms with Crippen LogP contribution in [0, 0.1) is 0 Å². The van der Waals surface area contributed by atoms with Crippen molar-refractivity contribution in [2.45, 2.75) is 18.9 Å². The van der Waals surface area contributed by atoms with E-state index in [9.17, 15) is 4.79 Å². The molecule has 0 aromatic carbocycles. The summed E-state index contributed by atoms with van der Waals surface area (Å²) in [6.45, 7) is 6.43. The summed E-state index contributed by atoms with van der Waals surface area (Å²) in [6.07, 6.45) is 2.74. The number of hydrogen-bond acceptors (Lipinski definition) is 6. The number of pyridine rings is 1. The molecule has 0 spiro atoms. The van der Waals surface area contributed by atoms with E-state index in [1.807, 2.05) is 18.7 Å². The molecule has 1 aromatic rings. The molecule has 8 heteroatoms. The summed E-state index contributed by atoms with van der Waals surface area (Å²) in [5.41, 5.74) is 0.617. The lowest BCUT2D eigenvalue weighted by molar-refractivity contribution is -0.0123. The standard InChI is InChI=1S/C17H26N4O3S/c1-2-24-15-14(4-3-6-18-15)20-16(22)19-12-17(5-11-25-13-17)21-7-9-23-10-8-21/h3-4,6H,2,5,7-13H2,1H3,(H2,19,20,22). The number of anilines is 1. The van der Waals surface area contributed by atoms with Crippen molar-refractivity contribution in [2.75, 3.05) is 56.3 Å². The van der Waals surface area contributed by atoms with Gasteiger partial charge >= 0.3 is 6.03 Å². The molecule has 3 heterocycles. The molecule has 0 bridgehead atoms. The third kappa shape index (κ3) is 4.56. The minimum absolute atomic E-state index is 0.0312. The van der Waals surface area contributed by atoms with Crippen LogP contribution in [0.1, 0.15) is 13.3 Å². The third-order valence-electron chi connectivity index (χ3n) is 4.64. The average Bonchev–Trinajstić information content (AvgIpc) is 3.13. The van der Waals surface area contributed by atoms with Crippen LogP contribution in [0.15, 0.2) is 18.3 Å². The van der Waals surface area contributed by atoms with Gasteiger partial charge in [-0.3, -0.25) is 4.90 Å². The molecule has 7 nitrogen and oxygen atoms in total. The third-order valence-corrected chi connectivity index (χ3v) is 5.88. The van der Waals surface area contributed by atoms with Crippen LogP contribution >= 0.6 is 11.8 Å². The number of nitrogens with one attached hydrogen (secondary N) is 2. The van der Waals surface area contributed by atoms with Gasteiger partial charge in [0.25, 0.3) is 0 Å². The van der Waals surface area contributed by atoms with Gasteiger partial charge in [-0.25, -0.2) is 9.78 Å². The molecule has 2 aliphatic heterocycles. The first-order chi connectivity index (χ1) is 12.2. The molecule has 2 amide bonds. The number of carbonyl (C=O) groups excluding carboxylic acids is 1. The summed E-state index contributed by atoms with van der Waals surface area (Å²) in [5.74, 6) is 2.63. The Morgan fingerprint density at radius 1 is 1.48 bits per heavy atom. The summed E-state index contributed by atoms with van der Waals surface area (Å²) in [7, 11) is 0. The van der Waals surface area contributed by atoms with Crippen molar-refractivity contribution in [3.63, 3.8) is 0 Å². The first-order valence-electron chi connectivity index (χ1n) is 8.77. The van der Waals surface area contributed by atoms with Gasteiger partial charge in [-0.15, -0.1) is 0 Å². The van der Waals surface area contributed by atoms with Crippen LogP contribution in [0.2, 0.25) is 0 Å². The van der Waals surface area contributed by atoms with E-state index in [-0.39, 0.29) is 11.6 Å². The van der Waals surface area contributed by atoms with E-state index in [0.29, 0.717) is 24.7 Å². The van der Waals surface area contributed by atoms with Gasteiger partial charge in [0.2, 0.25) is 5.88 Å². The van der Waals surface area contributed by atoms with E-state index in [2.05, 4.69) is 20.5 Å². The van der Waals surface area contributed by atoms with E-state index in [4.69, 9.17) is 9.47 Å². The summed E-state index contributed by atoms with van der Waals surface area (Å²) < 4.78 is 10.9. The first-order valence-corrected chi connectivity index (χ1v) is 9.92. The zero-order chi connectivity index (χ0) is 17.5. The molecule has 2 saturated heterocycles. The number of rotatable bonds is 6. The fourth-order valence-electron chi connectivity index (χ4n) is 3.28. The van der Waals surface area contributed by atoms with Gasteiger partial charge in [-0.2, -0.15) is 11.8 Å². The molecule has 3 rings (SSSR count). The van der Waals surface area contributed by atoms with Crippen LogP contribution in [0.5, 0.6) is 5.88 Å². The van der Waals surface area contributed by atoms with Gasteiger partial charge in [-0.05, 0) is 31.2 Å². The first kappa shape index (κ1) is 18.3. The van der Waals surface area contributed by atoms with Gasteiger partial charge in [0.05, 0.1) is 19.8 Å². The molecule has 2 aliphatic rings. The van der Waals surface area contributed by atoms with Gasteiger partial charge in [0.1, 0.15) is 5.69 Å². The molecule has 1 atom stereocenters. The van der Waals surface area contributed by atoms with Crippen LogP contribution in [0.3, 0.4) is 0 Å². The van der Waals surface area contributed by atoms with Crippen molar-refractivity contribution < 1.29 is 14.3 Å². The molecule has 0 radical (unpaired) electrons. The molecule has 25 heavy (non-hydrogen) atoms. The Kier molecular flexibility index (Phi) is 6.39. The highest BCUT2D eigenvalue weighted by Crippen LogP contribution is 2.33. The Morgan fingerprint density at radius 3 is 3.04 bits per heavy atom. The summed E-state index contributed by atoms with van der Waals surface area (Å²) in [5, 5.41) is 5.90. The highest BCUT2D eigenvalue weighted by Gasteiger charge is 2.40. The number of morpholine rings is 1. The largest absolute Gasteiger partial charge is 0.476 e. The lowest BCUT2D eigenvalue weighted by atomic mass is 9.95. The van der Waals surface area contributed by atoms with Crippen molar-refractivity contribution in [1.29, 1.82) is 0 Å². The molecular weight excluding hydrogens is 340 g/mol. The lowest BCUT2D eigenvalue weighted by Crippen LogP contribution is -2.59. The predicted molar refractivity (Wildman–Crippen MR) is 99.5 cm³/mol. The maximum atomic E-state index is 12.4. The number of aromatic nitrogens is 1. The fourth-order valence-corrected chi connectivity index (χ4v) is 4.76. The fraction of sp³-hybridized carbons (Fsp3) is 0.647. The molecule has 1 unspecified atom stereocenters. The van der Waals surface area contributed by atoms with Crippen LogP contribution in [0.25, 0.3) is 0 Å². The predicted octanol–water partition coefficient (Wildman–Crippen LogP) is 1.81. The Bertz CT molecular complexity index is 575. The quantitative estimate of drug-likeness (QED) is 0.800. The lowest BCUT2D eigenvalue weighted by Gasteiger charge is -2.43. The number of ether oxygens (including phenoxy) is 2. The molecule has 2 N–H and O–H groups in total. The minimum Gasteiger partial charge on any atom is -0.476 e. The zero-order valence-electron chi connectivity index (χ0n) is 14.6. The summed E-state index contributed by atoms with van der Waals surface area (Å²) in [6, 6.07) is 3.35. The summed E-state index contributed by atoms with van der Waals surface area (Å²) >= 11 is 1.96. The Hall–Kier alpha value is -1.51. The normalized spacial score (nSPS) is 24.0. The summed E-state index contributed by atoms with van der Waals surface area (Å²) in [4.78, 5) is 19.0. The Morgan fingerprint density at radius 2 is 2.32 bits per heavy atom. The zero-order valence-corrected chi connectivity index (χ0v) is 15.4. The molecule has 0 saturated carbocycles. The van der Waals surface area contributed by atoms with Crippen LogP contribution < -0.4 is 15.4 Å². The van der Waals surface area contributed by atoms with Crippen molar-refractivity contribution in [3.05, 3.63) is 18.3 Å². The van der Waals surface area contributed by atoms with Crippen LogP contribution in [0.4, 0.5) is 10.5 Å². The molecule has 1 aromatic heterocycles. The molecule has 138 valence electrons. The van der Waals surface area contributed by atoms with Gasteiger partial charge in [-0.1, -0.05) is 0 Å². The second kappa shape index (κ2) is 8.73. The van der Waals surface area contributed by atoms with Crippen LogP contribution in [-0.2, 0) is 4.74 Å². The number of nitrogens with zero attached hydrogens (tertiary/aromatic N) is 2. The molecule has 0 aliphatic carbocycles. The van der Waals surface area contributed by atoms with Crippen molar-refractivity contribution in [3.8, 4) is 5.88 Å². The molecular formula is C17H26N4O3S. The minimum atomic E-state index is -0.224. The highest BCUT2D eigenvalue weighted by atomic mass is 32.2. The van der Waals surface area contributed by atoms with Crippen LogP contribution in [-0.4, -0.2) is 72.4 Å². The second-order valence-corrected chi connectivity index (χ2v) is 7.33. The Balaban J connectivity index is 1.59. The van der Waals surface area contributed by atoms with Gasteiger partial charge in [0.15, 0.2) is 0 Å². The van der Waals surface area contributed by atoms with Gasteiger partial charge < -0.3 is 20.1 Å². The van der Waals surface area contributed by atoms with Crippen molar-refractivity contribution >= 4 is 23.5 Å². The SMILES string of the molecule is CCOc1ncccc1NC(=O)NCC1(N2CCOCC2)CCSC1. The second-order valence-electron chi connectivity index (χ2n) is 6.22. The Labute approximate surface area is 152 Å². The van der Waals surface area contributed by atoms with E-state index in [0.717, 1.165) is 44.2 Å². The number of hydrogen-bond donors (Lipinski definition) is 2. The highest BCUT2D eigenvalue weighted by molar-refractivity contribution is 7.99.